The first-order valence-electron chi connectivity index (χ1n) is 5.48. The van der Waals surface area contributed by atoms with E-state index in [1.54, 1.807) is 0 Å². The number of nitrogens with two attached hydrogens (primary N) is 1. The van der Waals surface area contributed by atoms with E-state index < -0.39 is 30.2 Å². The van der Waals surface area contributed by atoms with E-state index in [2.05, 4.69) is 9.72 Å². The van der Waals surface area contributed by atoms with Crippen LogP contribution < -0.4 is 11.4 Å². The van der Waals surface area contributed by atoms with Crippen LogP contribution in [0.15, 0.2) is 17.1 Å². The lowest BCUT2D eigenvalue weighted by molar-refractivity contribution is -0.0548. The third kappa shape index (κ3) is 3.02. The van der Waals surface area contributed by atoms with Crippen molar-refractivity contribution in [1.82, 2.24) is 9.55 Å². The van der Waals surface area contributed by atoms with Gasteiger partial charge in [-0.2, -0.15) is 4.98 Å². The zero-order chi connectivity index (χ0) is 14.0. The monoisotopic (exact) mass is 303 g/mol. The van der Waals surface area contributed by atoms with E-state index in [0.717, 1.165) is 4.57 Å². The van der Waals surface area contributed by atoms with Crippen LogP contribution in [0.2, 0.25) is 0 Å². The van der Waals surface area contributed by atoms with E-state index in [9.17, 15) is 15.0 Å². The summed E-state index contributed by atoms with van der Waals surface area (Å²) in [4.78, 5) is 15.1. The molecule has 2 rings (SSSR count). The van der Waals surface area contributed by atoms with Crippen LogP contribution in [-0.4, -0.2) is 44.7 Å². The second-order valence-electron chi connectivity index (χ2n) is 4.02. The number of nitrogen functional groups attached to an aromatic ring is 1. The molecule has 2 heterocycles. The SMILES string of the molecule is C#COC[C@H]1O[C@@H](n2ccc(N)nc2=O)[C@H](O)[C@@H]1O.Cl. The summed E-state index contributed by atoms with van der Waals surface area (Å²) in [5.41, 5.74) is 4.68. The third-order valence-electron chi connectivity index (χ3n) is 2.79. The third-order valence-corrected chi connectivity index (χ3v) is 2.79. The Labute approximate surface area is 120 Å². The van der Waals surface area contributed by atoms with Crippen LogP contribution in [-0.2, 0) is 9.47 Å². The molecule has 0 spiro atoms. The van der Waals surface area contributed by atoms with Gasteiger partial charge in [-0.05, 0) is 6.07 Å². The van der Waals surface area contributed by atoms with Crippen molar-refractivity contribution < 1.29 is 19.7 Å². The predicted octanol–water partition coefficient (Wildman–Crippen LogP) is -1.53. The van der Waals surface area contributed by atoms with Crippen molar-refractivity contribution in [3.8, 4) is 12.5 Å². The maximum atomic E-state index is 11.6. The molecule has 0 aromatic carbocycles. The van der Waals surface area contributed by atoms with Gasteiger partial charge < -0.3 is 25.4 Å². The van der Waals surface area contributed by atoms with Gasteiger partial charge in [0.1, 0.15) is 36.8 Å². The minimum Gasteiger partial charge on any atom is -0.444 e. The number of aliphatic hydroxyl groups is 2. The lowest BCUT2D eigenvalue weighted by Crippen LogP contribution is -2.36. The molecule has 1 saturated heterocycles. The van der Waals surface area contributed by atoms with Crippen molar-refractivity contribution in [3.63, 3.8) is 0 Å². The molecule has 20 heavy (non-hydrogen) atoms. The predicted molar refractivity (Wildman–Crippen MR) is 70.9 cm³/mol. The fraction of sp³-hybridized carbons (Fsp3) is 0.455. The number of ether oxygens (including phenoxy) is 2. The summed E-state index contributed by atoms with van der Waals surface area (Å²) >= 11 is 0. The summed E-state index contributed by atoms with van der Waals surface area (Å²) < 4.78 is 11.1. The highest BCUT2D eigenvalue weighted by atomic mass is 35.5. The van der Waals surface area contributed by atoms with Crippen LogP contribution >= 0.6 is 12.4 Å². The lowest BCUT2D eigenvalue weighted by atomic mass is 10.1. The normalized spacial score (nSPS) is 28.4. The van der Waals surface area contributed by atoms with Gasteiger partial charge in [0.2, 0.25) is 0 Å². The van der Waals surface area contributed by atoms with E-state index in [0.29, 0.717) is 0 Å². The molecule has 4 atom stereocenters. The highest BCUT2D eigenvalue weighted by Crippen LogP contribution is 2.28. The summed E-state index contributed by atoms with van der Waals surface area (Å²) in [7, 11) is 0. The molecule has 8 nitrogen and oxygen atoms in total. The Kier molecular flexibility index (Phi) is 5.35. The van der Waals surface area contributed by atoms with E-state index in [-0.39, 0.29) is 24.8 Å². The average molecular weight is 304 g/mol. The Hall–Kier alpha value is -1.79. The first-order valence-corrected chi connectivity index (χ1v) is 5.48. The first kappa shape index (κ1) is 16.3. The molecular formula is C11H14ClN3O5. The second kappa shape index (κ2) is 6.58. The molecule has 0 saturated carbocycles. The fourth-order valence-corrected chi connectivity index (χ4v) is 1.85. The highest BCUT2D eigenvalue weighted by Gasteiger charge is 2.44. The largest absolute Gasteiger partial charge is 0.444 e. The van der Waals surface area contributed by atoms with Crippen molar-refractivity contribution in [2.75, 3.05) is 12.3 Å². The number of terminal acetylenes is 1. The topological polar surface area (TPSA) is 120 Å². The molecule has 1 fully saturated rings. The second-order valence-corrected chi connectivity index (χ2v) is 4.02. The smallest absolute Gasteiger partial charge is 0.351 e. The summed E-state index contributed by atoms with van der Waals surface area (Å²) in [5, 5.41) is 19.7. The molecule has 1 aromatic rings. The number of hydrogen-bond donors (Lipinski definition) is 3. The van der Waals surface area contributed by atoms with Gasteiger partial charge in [-0.3, -0.25) is 4.57 Å². The van der Waals surface area contributed by atoms with Crippen molar-refractivity contribution in [3.05, 3.63) is 22.7 Å². The Bertz CT molecular complexity index is 558. The van der Waals surface area contributed by atoms with Crippen molar-refractivity contribution in [1.29, 1.82) is 0 Å². The molecule has 4 N–H and O–H groups in total. The molecule has 0 unspecified atom stereocenters. The van der Waals surface area contributed by atoms with Gasteiger partial charge in [0.05, 0.1) is 0 Å². The Morgan fingerprint density at radius 3 is 2.85 bits per heavy atom. The van der Waals surface area contributed by atoms with Crippen molar-refractivity contribution in [2.24, 2.45) is 0 Å². The number of rotatable bonds is 3. The Morgan fingerprint density at radius 2 is 2.25 bits per heavy atom. The van der Waals surface area contributed by atoms with Gasteiger partial charge in [-0.15, -0.1) is 12.4 Å². The first-order chi connectivity index (χ1) is 9.04. The summed E-state index contributed by atoms with van der Waals surface area (Å²) in [5.74, 6) is 0.0569. The molecular weight excluding hydrogens is 290 g/mol. The number of hydrogen-bond acceptors (Lipinski definition) is 7. The molecule has 0 aliphatic carbocycles. The van der Waals surface area contributed by atoms with Crippen LogP contribution in [0, 0.1) is 12.5 Å². The van der Waals surface area contributed by atoms with Crippen LogP contribution in [0.4, 0.5) is 5.82 Å². The molecule has 0 amide bonds. The van der Waals surface area contributed by atoms with Gasteiger partial charge in [0, 0.05) is 6.20 Å². The van der Waals surface area contributed by atoms with Crippen molar-refractivity contribution >= 4 is 18.2 Å². The number of aromatic nitrogens is 2. The van der Waals surface area contributed by atoms with Crippen LogP contribution in [0.25, 0.3) is 0 Å². The summed E-state index contributed by atoms with van der Waals surface area (Å²) in [6, 6.07) is 1.38. The number of aliphatic hydroxyl groups excluding tert-OH is 2. The Morgan fingerprint density at radius 1 is 1.55 bits per heavy atom. The standard InChI is InChI=1S/C11H13N3O5.ClH/c1-2-18-5-6-8(15)9(16)10(19-6)14-4-3-7(12)13-11(14)17;/h1,3-4,6,8-10,15-16H,5H2,(H2,12,13,17);1H/t6-,8-,9-,10-;/m1./s1. The molecule has 1 aromatic heterocycles. The summed E-state index contributed by atoms with van der Waals surface area (Å²) in [6.45, 7) is -0.0949. The van der Waals surface area contributed by atoms with Gasteiger partial charge in [0.25, 0.3) is 0 Å². The van der Waals surface area contributed by atoms with E-state index in [1.165, 1.54) is 12.3 Å². The van der Waals surface area contributed by atoms with Crippen LogP contribution in [0.3, 0.4) is 0 Å². The zero-order valence-electron chi connectivity index (χ0n) is 10.2. The molecule has 9 heteroatoms. The molecule has 110 valence electrons. The lowest BCUT2D eigenvalue weighted by Gasteiger charge is -2.16. The number of anilines is 1. The Balaban J connectivity index is 0.00000200. The minimum absolute atomic E-state index is 0. The van der Waals surface area contributed by atoms with Crippen LogP contribution in [0.1, 0.15) is 6.23 Å². The maximum absolute atomic E-state index is 11.6. The molecule has 0 bridgehead atoms. The number of halogens is 1. The maximum Gasteiger partial charge on any atom is 0.351 e. The van der Waals surface area contributed by atoms with E-state index >= 15 is 0 Å². The van der Waals surface area contributed by atoms with E-state index in [1.807, 2.05) is 6.11 Å². The fourth-order valence-electron chi connectivity index (χ4n) is 1.85. The molecule has 1 aliphatic rings. The van der Waals surface area contributed by atoms with Crippen LogP contribution in [0.5, 0.6) is 0 Å². The van der Waals surface area contributed by atoms with Gasteiger partial charge in [0.15, 0.2) is 6.23 Å². The van der Waals surface area contributed by atoms with Gasteiger partial charge in [-0.25, -0.2) is 4.79 Å². The summed E-state index contributed by atoms with van der Waals surface area (Å²) in [6.07, 6.45) is 3.77. The molecule has 0 radical (unpaired) electrons. The van der Waals surface area contributed by atoms with Gasteiger partial charge in [-0.1, -0.05) is 6.42 Å². The van der Waals surface area contributed by atoms with E-state index in [4.69, 9.17) is 16.9 Å². The van der Waals surface area contributed by atoms with Gasteiger partial charge >= 0.3 is 5.69 Å². The number of nitrogens with zero attached hydrogens (tertiary/aromatic N) is 2. The highest BCUT2D eigenvalue weighted by molar-refractivity contribution is 5.85. The average Bonchev–Trinajstić information content (AvgIpc) is 2.64. The van der Waals surface area contributed by atoms with Crippen molar-refractivity contribution in [2.45, 2.75) is 24.5 Å². The minimum atomic E-state index is -1.30. The zero-order valence-corrected chi connectivity index (χ0v) is 11.1. The molecule has 1 aliphatic heterocycles. The quantitative estimate of drug-likeness (QED) is 0.580.